The average molecular weight is 321 g/mol. The second-order valence-corrected chi connectivity index (χ2v) is 6.12. The van der Waals surface area contributed by atoms with Gasteiger partial charge in [0.1, 0.15) is 5.82 Å². The van der Waals surface area contributed by atoms with Crippen LogP contribution >= 0.6 is 11.3 Å². The van der Waals surface area contributed by atoms with Crippen molar-refractivity contribution in [3.05, 3.63) is 46.0 Å². The smallest absolute Gasteiger partial charge is 0.190 e. The van der Waals surface area contributed by atoms with Gasteiger partial charge in [0, 0.05) is 17.6 Å². The molecule has 2 aromatic rings. The Labute approximate surface area is 135 Å². The summed E-state index contributed by atoms with van der Waals surface area (Å²) in [6.07, 6.45) is 1.11. The van der Waals surface area contributed by atoms with Gasteiger partial charge in [0.15, 0.2) is 4.80 Å². The lowest BCUT2D eigenvalue weighted by Gasteiger charge is -2.18. The van der Waals surface area contributed by atoms with Gasteiger partial charge in [-0.2, -0.15) is 0 Å². The highest BCUT2D eigenvalue weighted by Crippen LogP contribution is 2.12. The fourth-order valence-corrected chi connectivity index (χ4v) is 3.32. The van der Waals surface area contributed by atoms with Gasteiger partial charge in [0.2, 0.25) is 0 Å². The molecule has 0 radical (unpaired) electrons. The molecular weight excluding hydrogens is 297 g/mol. The Kier molecular flexibility index (Phi) is 6.34. The van der Waals surface area contributed by atoms with Crippen LogP contribution in [0.2, 0.25) is 0 Å². The number of hydrogen-bond donors (Lipinski definition) is 0. The summed E-state index contributed by atoms with van der Waals surface area (Å²) in [7, 11) is 0. The van der Waals surface area contributed by atoms with E-state index in [-0.39, 0.29) is 5.82 Å². The van der Waals surface area contributed by atoms with Gasteiger partial charge in [-0.05, 0) is 57.2 Å². The molecule has 0 saturated carbocycles. The van der Waals surface area contributed by atoms with E-state index in [1.807, 2.05) is 0 Å². The van der Waals surface area contributed by atoms with E-state index in [0.29, 0.717) is 0 Å². The molecule has 0 saturated heterocycles. The summed E-state index contributed by atoms with van der Waals surface area (Å²) >= 11 is 1.63. The Morgan fingerprint density at radius 1 is 1.18 bits per heavy atom. The Bertz CT molecular complexity index is 639. The Balaban J connectivity index is 2.12. The minimum Gasteiger partial charge on any atom is -0.321 e. The van der Waals surface area contributed by atoms with Crippen LogP contribution in [0.4, 0.5) is 10.1 Å². The monoisotopic (exact) mass is 321 g/mol. The van der Waals surface area contributed by atoms with Gasteiger partial charge in [-0.25, -0.2) is 9.38 Å². The molecule has 0 atom stereocenters. The number of nitrogens with zero attached hydrogens (tertiary/aromatic N) is 3. The molecule has 0 aliphatic carbocycles. The first-order valence-electron chi connectivity index (χ1n) is 7.81. The molecule has 0 spiro atoms. The van der Waals surface area contributed by atoms with Crippen molar-refractivity contribution < 1.29 is 4.39 Å². The molecule has 1 aromatic heterocycles. The Morgan fingerprint density at radius 3 is 2.50 bits per heavy atom. The van der Waals surface area contributed by atoms with E-state index in [1.54, 1.807) is 23.5 Å². The van der Waals surface area contributed by atoms with Gasteiger partial charge in [-0.1, -0.05) is 13.8 Å². The molecule has 22 heavy (non-hydrogen) atoms. The molecule has 0 fully saturated rings. The van der Waals surface area contributed by atoms with E-state index in [0.717, 1.165) is 43.1 Å². The van der Waals surface area contributed by atoms with E-state index < -0.39 is 0 Å². The second kappa shape index (κ2) is 8.25. The summed E-state index contributed by atoms with van der Waals surface area (Å²) in [5.41, 5.74) is 2.02. The van der Waals surface area contributed by atoms with Gasteiger partial charge < -0.3 is 9.47 Å². The van der Waals surface area contributed by atoms with Crippen molar-refractivity contribution in [3.63, 3.8) is 0 Å². The van der Waals surface area contributed by atoms with Crippen LogP contribution in [0.1, 0.15) is 26.0 Å². The quantitative estimate of drug-likeness (QED) is 0.756. The molecule has 3 nitrogen and oxygen atoms in total. The number of aryl methyl sites for hydroxylation is 1. The van der Waals surface area contributed by atoms with E-state index in [1.165, 1.54) is 17.8 Å². The second-order valence-electron chi connectivity index (χ2n) is 5.28. The molecule has 0 N–H and O–H groups in total. The van der Waals surface area contributed by atoms with Crippen molar-refractivity contribution in [1.82, 2.24) is 9.47 Å². The third kappa shape index (κ3) is 4.52. The summed E-state index contributed by atoms with van der Waals surface area (Å²) in [5.74, 6) is -0.228. The van der Waals surface area contributed by atoms with E-state index >= 15 is 0 Å². The van der Waals surface area contributed by atoms with Crippen LogP contribution in [0.3, 0.4) is 0 Å². The Hall–Kier alpha value is -1.46. The highest BCUT2D eigenvalue weighted by molar-refractivity contribution is 7.07. The van der Waals surface area contributed by atoms with Gasteiger partial charge >= 0.3 is 0 Å². The molecule has 0 amide bonds. The fraction of sp³-hybridized carbons (Fsp3) is 0.471. The molecule has 2 rings (SSSR count). The molecule has 0 bridgehead atoms. The van der Waals surface area contributed by atoms with Crippen molar-refractivity contribution in [2.45, 2.75) is 33.7 Å². The summed E-state index contributed by atoms with van der Waals surface area (Å²) < 4.78 is 15.2. The zero-order valence-electron chi connectivity index (χ0n) is 13.6. The summed E-state index contributed by atoms with van der Waals surface area (Å²) in [6.45, 7) is 10.8. The molecular formula is C17H24FN3S. The van der Waals surface area contributed by atoms with Crippen molar-refractivity contribution in [1.29, 1.82) is 0 Å². The molecule has 120 valence electrons. The number of benzene rings is 1. The van der Waals surface area contributed by atoms with Crippen LogP contribution < -0.4 is 4.80 Å². The number of aromatic nitrogens is 1. The number of hydrogen-bond acceptors (Lipinski definition) is 3. The third-order valence-electron chi connectivity index (χ3n) is 3.79. The number of thiazole rings is 1. The summed E-state index contributed by atoms with van der Waals surface area (Å²) in [5, 5.41) is 2.12. The predicted octanol–water partition coefficient (Wildman–Crippen LogP) is 3.96. The van der Waals surface area contributed by atoms with Crippen molar-refractivity contribution >= 4 is 17.0 Å². The maximum absolute atomic E-state index is 13.0. The van der Waals surface area contributed by atoms with Crippen LogP contribution in [0.5, 0.6) is 0 Å². The maximum atomic E-state index is 13.0. The summed E-state index contributed by atoms with van der Waals surface area (Å²) in [4.78, 5) is 8.05. The van der Waals surface area contributed by atoms with Gasteiger partial charge in [-0.3, -0.25) is 0 Å². The molecule has 0 aliphatic rings. The van der Waals surface area contributed by atoms with Crippen LogP contribution in [0.25, 0.3) is 0 Å². The standard InChI is InChI=1S/C17H24FN3S/c1-4-20(5-2)11-6-12-21-14(3)13-22-17(21)19-16-9-7-15(18)8-10-16/h7-10,13H,4-6,11-12H2,1-3H3. The van der Waals surface area contributed by atoms with E-state index in [9.17, 15) is 4.39 Å². The third-order valence-corrected chi connectivity index (χ3v) is 4.77. The lowest BCUT2D eigenvalue weighted by molar-refractivity contribution is 0.292. The van der Waals surface area contributed by atoms with Crippen LogP contribution in [-0.4, -0.2) is 29.1 Å². The minimum absolute atomic E-state index is 0.228. The minimum atomic E-state index is -0.228. The average Bonchev–Trinajstić information content (AvgIpc) is 2.87. The van der Waals surface area contributed by atoms with Crippen molar-refractivity contribution in [2.24, 2.45) is 4.99 Å². The zero-order chi connectivity index (χ0) is 15.9. The lowest BCUT2D eigenvalue weighted by atomic mass is 10.3. The Morgan fingerprint density at radius 2 is 1.86 bits per heavy atom. The van der Waals surface area contributed by atoms with E-state index in [2.05, 4.69) is 40.6 Å². The molecule has 1 heterocycles. The topological polar surface area (TPSA) is 20.5 Å². The van der Waals surface area contributed by atoms with Crippen LogP contribution in [0.15, 0.2) is 34.6 Å². The van der Waals surface area contributed by atoms with Crippen molar-refractivity contribution in [2.75, 3.05) is 19.6 Å². The first-order valence-corrected chi connectivity index (χ1v) is 8.69. The summed E-state index contributed by atoms with van der Waals surface area (Å²) in [6, 6.07) is 6.32. The lowest BCUT2D eigenvalue weighted by Crippen LogP contribution is -2.26. The molecule has 1 aromatic carbocycles. The first kappa shape index (κ1) is 16.9. The normalized spacial score (nSPS) is 12.3. The van der Waals surface area contributed by atoms with E-state index in [4.69, 9.17) is 0 Å². The maximum Gasteiger partial charge on any atom is 0.190 e. The van der Waals surface area contributed by atoms with Crippen LogP contribution in [0, 0.1) is 12.7 Å². The zero-order valence-corrected chi connectivity index (χ0v) is 14.4. The van der Waals surface area contributed by atoms with Crippen molar-refractivity contribution in [3.8, 4) is 0 Å². The van der Waals surface area contributed by atoms with Gasteiger partial charge in [0.25, 0.3) is 0 Å². The fourth-order valence-electron chi connectivity index (χ4n) is 2.39. The first-order chi connectivity index (χ1) is 10.6. The highest BCUT2D eigenvalue weighted by atomic mass is 32.1. The SMILES string of the molecule is CCN(CC)CCCn1c(C)csc1=Nc1ccc(F)cc1. The largest absolute Gasteiger partial charge is 0.321 e. The highest BCUT2D eigenvalue weighted by Gasteiger charge is 2.04. The molecule has 5 heteroatoms. The molecule has 0 unspecified atom stereocenters. The van der Waals surface area contributed by atoms with Gasteiger partial charge in [0.05, 0.1) is 5.69 Å². The number of rotatable bonds is 7. The molecule has 0 aliphatic heterocycles. The van der Waals surface area contributed by atoms with Crippen LogP contribution in [-0.2, 0) is 6.54 Å². The predicted molar refractivity (Wildman–Crippen MR) is 91.1 cm³/mol. The van der Waals surface area contributed by atoms with Gasteiger partial charge in [-0.15, -0.1) is 11.3 Å². The number of halogens is 1.